The highest BCUT2D eigenvalue weighted by molar-refractivity contribution is 5.78. The van der Waals surface area contributed by atoms with Crippen LogP contribution in [0.2, 0.25) is 0 Å². The van der Waals surface area contributed by atoms with E-state index in [1.165, 1.54) is 12.1 Å². The molecule has 0 radical (unpaired) electrons. The molecular formula is C15H15FN4O. The van der Waals surface area contributed by atoms with E-state index < -0.39 is 0 Å². The molecule has 0 saturated heterocycles. The van der Waals surface area contributed by atoms with Gasteiger partial charge in [0.1, 0.15) is 17.2 Å². The topological polar surface area (TPSA) is 63.6 Å². The van der Waals surface area contributed by atoms with Crippen LogP contribution in [0.4, 0.5) is 4.39 Å². The van der Waals surface area contributed by atoms with Crippen LogP contribution in [0.25, 0.3) is 22.4 Å². The van der Waals surface area contributed by atoms with Gasteiger partial charge in [-0.15, -0.1) is 0 Å². The normalized spacial score (nSPS) is 11.5. The maximum absolute atomic E-state index is 13.0. The lowest BCUT2D eigenvalue weighted by Crippen LogP contribution is -2.09. The molecular weight excluding hydrogens is 271 g/mol. The van der Waals surface area contributed by atoms with Crippen molar-refractivity contribution in [3.05, 3.63) is 46.1 Å². The van der Waals surface area contributed by atoms with Crippen molar-refractivity contribution in [3.63, 3.8) is 0 Å². The van der Waals surface area contributed by atoms with Gasteiger partial charge >= 0.3 is 0 Å². The minimum atomic E-state index is -0.327. The number of aryl methyl sites for hydroxylation is 1. The summed E-state index contributed by atoms with van der Waals surface area (Å²) in [6, 6.07) is 5.86. The Morgan fingerprint density at radius 3 is 2.48 bits per heavy atom. The second-order valence-electron chi connectivity index (χ2n) is 5.28. The van der Waals surface area contributed by atoms with Crippen LogP contribution in [0, 0.1) is 5.82 Å². The van der Waals surface area contributed by atoms with Crippen molar-refractivity contribution in [2.45, 2.75) is 19.8 Å². The lowest BCUT2D eigenvalue weighted by atomic mass is 10.1. The quantitative estimate of drug-likeness (QED) is 0.787. The van der Waals surface area contributed by atoms with Gasteiger partial charge in [-0.1, -0.05) is 13.8 Å². The fourth-order valence-corrected chi connectivity index (χ4v) is 2.49. The average Bonchev–Trinajstić information content (AvgIpc) is 2.76. The molecule has 0 spiro atoms. The van der Waals surface area contributed by atoms with Gasteiger partial charge in [-0.05, 0) is 30.2 Å². The Hall–Kier alpha value is -2.50. The first kappa shape index (κ1) is 13.5. The molecule has 0 aliphatic rings. The van der Waals surface area contributed by atoms with Crippen molar-refractivity contribution < 1.29 is 4.39 Å². The molecule has 6 heteroatoms. The monoisotopic (exact) mass is 286 g/mol. The maximum Gasteiger partial charge on any atom is 0.279 e. The van der Waals surface area contributed by atoms with Crippen molar-refractivity contribution in [3.8, 4) is 11.4 Å². The third kappa shape index (κ3) is 2.22. The van der Waals surface area contributed by atoms with Crippen molar-refractivity contribution in [2.75, 3.05) is 0 Å². The molecule has 0 aliphatic heterocycles. The fourth-order valence-electron chi connectivity index (χ4n) is 2.49. The number of hydrogen-bond donors (Lipinski definition) is 1. The van der Waals surface area contributed by atoms with Gasteiger partial charge in [-0.3, -0.25) is 9.48 Å². The highest BCUT2D eigenvalue weighted by Crippen LogP contribution is 2.23. The first-order valence-corrected chi connectivity index (χ1v) is 6.70. The van der Waals surface area contributed by atoms with Crippen LogP contribution in [0.1, 0.15) is 25.5 Å². The number of nitrogens with one attached hydrogen (secondary N) is 1. The zero-order chi connectivity index (χ0) is 15.1. The molecule has 0 amide bonds. The minimum absolute atomic E-state index is 0.190. The molecule has 108 valence electrons. The van der Waals surface area contributed by atoms with Crippen molar-refractivity contribution >= 4 is 11.0 Å². The number of hydrogen-bond acceptors (Lipinski definition) is 3. The summed E-state index contributed by atoms with van der Waals surface area (Å²) in [5.74, 6) is 0.282. The van der Waals surface area contributed by atoms with Gasteiger partial charge in [0.05, 0.1) is 5.69 Å². The zero-order valence-electron chi connectivity index (χ0n) is 12.0. The number of aromatic nitrogens is 4. The summed E-state index contributed by atoms with van der Waals surface area (Å²) in [4.78, 5) is 19.4. The number of benzene rings is 1. The third-order valence-electron chi connectivity index (χ3n) is 3.40. The first-order chi connectivity index (χ1) is 9.97. The summed E-state index contributed by atoms with van der Waals surface area (Å²) >= 11 is 0. The third-order valence-corrected chi connectivity index (χ3v) is 3.40. The van der Waals surface area contributed by atoms with Crippen LogP contribution in [-0.2, 0) is 7.05 Å². The highest BCUT2D eigenvalue weighted by atomic mass is 19.1. The van der Waals surface area contributed by atoms with Crippen molar-refractivity contribution in [1.82, 2.24) is 19.7 Å². The van der Waals surface area contributed by atoms with Gasteiger partial charge in [0.15, 0.2) is 5.52 Å². The lowest BCUT2D eigenvalue weighted by Gasteiger charge is -2.06. The van der Waals surface area contributed by atoms with E-state index in [1.54, 1.807) is 23.9 Å². The van der Waals surface area contributed by atoms with Gasteiger partial charge in [-0.2, -0.15) is 5.10 Å². The predicted molar refractivity (Wildman–Crippen MR) is 78.6 cm³/mol. The molecule has 0 unspecified atom stereocenters. The van der Waals surface area contributed by atoms with E-state index in [-0.39, 0.29) is 17.3 Å². The summed E-state index contributed by atoms with van der Waals surface area (Å²) in [7, 11) is 1.80. The Labute approximate surface area is 120 Å². The number of halogens is 1. The molecule has 0 bridgehead atoms. The number of rotatable bonds is 2. The Morgan fingerprint density at radius 1 is 1.19 bits per heavy atom. The molecule has 2 heterocycles. The SMILES string of the molecule is CC(C)c1c2nc(-c3ccc(F)cc3)[nH]c(=O)c2nn1C. The average molecular weight is 286 g/mol. The maximum atomic E-state index is 13.0. The molecule has 0 saturated carbocycles. The predicted octanol–water partition coefficient (Wildman–Crippen LogP) is 2.59. The van der Waals surface area contributed by atoms with Gasteiger partial charge in [0.25, 0.3) is 5.56 Å². The van der Waals surface area contributed by atoms with E-state index >= 15 is 0 Å². The summed E-state index contributed by atoms with van der Waals surface area (Å²) < 4.78 is 14.7. The molecule has 0 fully saturated rings. The van der Waals surface area contributed by atoms with E-state index in [0.717, 1.165) is 5.69 Å². The van der Waals surface area contributed by atoms with Crippen LogP contribution < -0.4 is 5.56 Å². The van der Waals surface area contributed by atoms with Crippen LogP contribution >= 0.6 is 0 Å². The van der Waals surface area contributed by atoms with Crippen LogP contribution in [0.3, 0.4) is 0 Å². The largest absolute Gasteiger partial charge is 0.305 e. The first-order valence-electron chi connectivity index (χ1n) is 6.70. The summed E-state index contributed by atoms with van der Waals surface area (Å²) in [6.07, 6.45) is 0. The Morgan fingerprint density at radius 2 is 1.86 bits per heavy atom. The van der Waals surface area contributed by atoms with Gasteiger partial charge in [-0.25, -0.2) is 9.37 Å². The number of H-pyrrole nitrogens is 1. The van der Waals surface area contributed by atoms with E-state index in [2.05, 4.69) is 15.1 Å². The van der Waals surface area contributed by atoms with Crippen LogP contribution in [0.5, 0.6) is 0 Å². The van der Waals surface area contributed by atoms with Gasteiger partial charge < -0.3 is 4.98 Å². The van der Waals surface area contributed by atoms with Gasteiger partial charge in [0, 0.05) is 12.6 Å². The lowest BCUT2D eigenvalue weighted by molar-refractivity contribution is 0.628. The highest BCUT2D eigenvalue weighted by Gasteiger charge is 2.17. The fraction of sp³-hybridized carbons (Fsp3) is 0.267. The zero-order valence-corrected chi connectivity index (χ0v) is 12.0. The standard InChI is InChI=1S/C15H15FN4O/c1-8(2)13-11-12(19-20(13)3)15(21)18-14(17-11)9-4-6-10(16)7-5-9/h4-8H,1-3H3,(H,17,18,21). The number of aromatic amines is 1. The van der Waals surface area contributed by atoms with Crippen molar-refractivity contribution in [2.24, 2.45) is 7.05 Å². The Balaban J connectivity index is 2.29. The molecule has 2 aromatic heterocycles. The smallest absolute Gasteiger partial charge is 0.279 e. The van der Waals surface area contributed by atoms with E-state index in [1.807, 2.05) is 13.8 Å². The molecule has 3 aromatic rings. The number of fused-ring (bicyclic) bond motifs is 1. The van der Waals surface area contributed by atoms with Crippen LogP contribution in [-0.4, -0.2) is 19.7 Å². The van der Waals surface area contributed by atoms with E-state index in [9.17, 15) is 9.18 Å². The Kier molecular flexibility index (Phi) is 3.08. The second kappa shape index (κ2) is 4.80. The number of nitrogens with zero attached hydrogens (tertiary/aromatic N) is 3. The summed E-state index contributed by atoms with van der Waals surface area (Å²) in [5.41, 5.74) is 2.19. The minimum Gasteiger partial charge on any atom is -0.305 e. The molecule has 0 atom stereocenters. The molecule has 1 N–H and O–H groups in total. The van der Waals surface area contributed by atoms with E-state index in [0.29, 0.717) is 22.4 Å². The summed E-state index contributed by atoms with van der Waals surface area (Å²) in [5, 5.41) is 4.23. The molecule has 5 nitrogen and oxygen atoms in total. The Bertz CT molecular complexity index is 862. The van der Waals surface area contributed by atoms with Gasteiger partial charge in [0.2, 0.25) is 0 Å². The van der Waals surface area contributed by atoms with Crippen LogP contribution in [0.15, 0.2) is 29.1 Å². The molecule has 3 rings (SSSR count). The molecule has 21 heavy (non-hydrogen) atoms. The van der Waals surface area contributed by atoms with Crippen molar-refractivity contribution in [1.29, 1.82) is 0 Å². The molecule has 0 aliphatic carbocycles. The second-order valence-corrected chi connectivity index (χ2v) is 5.28. The molecule has 1 aromatic carbocycles. The summed E-state index contributed by atoms with van der Waals surface area (Å²) in [6.45, 7) is 4.05. The van der Waals surface area contributed by atoms with E-state index in [4.69, 9.17) is 0 Å².